The third-order valence-electron chi connectivity index (χ3n) is 4.43. The maximum Gasteiger partial charge on any atom is 0.339 e. The fourth-order valence-electron chi connectivity index (χ4n) is 3.21. The summed E-state index contributed by atoms with van der Waals surface area (Å²) in [6.45, 7) is 0. The number of hydrogen-bond donors (Lipinski definition) is 2. The van der Waals surface area contributed by atoms with Crippen LogP contribution in [-0.2, 0) is 0 Å². The SMILES string of the molecule is O=C(O)c1cnc(Cl)cc1N[C@H]1CC[C@H](n2nccc2C(F)F)CC1. The fourth-order valence-corrected chi connectivity index (χ4v) is 3.36. The molecule has 0 atom stereocenters. The molecule has 2 heterocycles. The van der Waals surface area contributed by atoms with Gasteiger partial charge in [0.1, 0.15) is 16.4 Å². The van der Waals surface area contributed by atoms with Crippen molar-refractivity contribution >= 4 is 23.3 Å². The van der Waals surface area contributed by atoms with E-state index in [2.05, 4.69) is 15.4 Å². The molecule has 25 heavy (non-hydrogen) atoms. The normalized spacial score (nSPS) is 20.6. The number of alkyl halides is 2. The van der Waals surface area contributed by atoms with Crippen LogP contribution < -0.4 is 5.32 Å². The number of aromatic carboxylic acids is 1. The van der Waals surface area contributed by atoms with Crippen molar-refractivity contribution in [2.75, 3.05) is 5.32 Å². The molecular weight excluding hydrogens is 354 g/mol. The standard InChI is InChI=1S/C16H17ClF2N4O2/c17-14-7-12(11(8-20-14)16(24)25)22-9-1-3-10(4-2-9)23-13(15(18)19)5-6-21-23/h5-10,15H,1-4H2,(H,20,22)(H,24,25)/t9-,10-. The van der Waals surface area contributed by atoms with Gasteiger partial charge in [0, 0.05) is 18.4 Å². The summed E-state index contributed by atoms with van der Waals surface area (Å²) >= 11 is 5.85. The predicted octanol–water partition coefficient (Wildman–Crippen LogP) is 4.16. The summed E-state index contributed by atoms with van der Waals surface area (Å²) in [6.07, 6.45) is 2.86. The largest absolute Gasteiger partial charge is 0.478 e. The molecule has 1 aliphatic rings. The first-order chi connectivity index (χ1) is 12.0. The number of carboxylic acids is 1. The van der Waals surface area contributed by atoms with Gasteiger partial charge >= 0.3 is 5.97 Å². The first kappa shape index (κ1) is 17.6. The molecule has 1 fully saturated rings. The number of hydrogen-bond acceptors (Lipinski definition) is 4. The molecule has 1 saturated carbocycles. The highest BCUT2D eigenvalue weighted by atomic mass is 35.5. The van der Waals surface area contributed by atoms with Gasteiger partial charge in [-0.15, -0.1) is 0 Å². The Labute approximate surface area is 147 Å². The van der Waals surface area contributed by atoms with E-state index in [0.717, 1.165) is 0 Å². The molecule has 9 heteroatoms. The lowest BCUT2D eigenvalue weighted by atomic mass is 9.91. The molecule has 0 bridgehead atoms. The second kappa shape index (κ2) is 7.35. The molecule has 0 aromatic carbocycles. The lowest BCUT2D eigenvalue weighted by Gasteiger charge is -2.31. The highest BCUT2D eigenvalue weighted by Gasteiger charge is 2.27. The lowest BCUT2D eigenvalue weighted by Crippen LogP contribution is -2.29. The number of pyridine rings is 1. The maximum absolute atomic E-state index is 13.0. The Hall–Kier alpha value is -2.22. The van der Waals surface area contributed by atoms with Gasteiger partial charge in [-0.2, -0.15) is 5.10 Å². The van der Waals surface area contributed by atoms with E-state index in [0.29, 0.717) is 31.4 Å². The van der Waals surface area contributed by atoms with Crippen molar-refractivity contribution in [1.82, 2.24) is 14.8 Å². The summed E-state index contributed by atoms with van der Waals surface area (Å²) in [7, 11) is 0. The number of rotatable bonds is 5. The summed E-state index contributed by atoms with van der Waals surface area (Å²) in [4.78, 5) is 15.1. The Bertz CT molecular complexity index is 760. The van der Waals surface area contributed by atoms with Crippen LogP contribution in [0.3, 0.4) is 0 Å². The van der Waals surface area contributed by atoms with Gasteiger partial charge in [0.05, 0.1) is 11.7 Å². The number of anilines is 1. The van der Waals surface area contributed by atoms with Gasteiger partial charge in [0.25, 0.3) is 6.43 Å². The van der Waals surface area contributed by atoms with Gasteiger partial charge in [-0.25, -0.2) is 18.6 Å². The first-order valence-corrected chi connectivity index (χ1v) is 8.30. The zero-order valence-corrected chi connectivity index (χ0v) is 14.0. The quantitative estimate of drug-likeness (QED) is 0.772. The highest BCUT2D eigenvalue weighted by Crippen LogP contribution is 2.33. The molecule has 134 valence electrons. The Kier molecular flexibility index (Phi) is 5.17. The maximum atomic E-state index is 13.0. The van der Waals surface area contributed by atoms with Gasteiger partial charge in [0.2, 0.25) is 0 Å². The zero-order chi connectivity index (χ0) is 18.0. The zero-order valence-electron chi connectivity index (χ0n) is 13.2. The molecule has 0 unspecified atom stereocenters. The van der Waals surface area contributed by atoms with E-state index >= 15 is 0 Å². The van der Waals surface area contributed by atoms with Crippen LogP contribution in [0, 0.1) is 0 Å². The van der Waals surface area contributed by atoms with Gasteiger partial charge in [0.15, 0.2) is 0 Å². The van der Waals surface area contributed by atoms with Crippen molar-refractivity contribution in [3.63, 3.8) is 0 Å². The van der Waals surface area contributed by atoms with Crippen molar-refractivity contribution in [2.45, 2.75) is 44.2 Å². The van der Waals surface area contributed by atoms with Crippen LogP contribution in [0.4, 0.5) is 14.5 Å². The van der Waals surface area contributed by atoms with E-state index in [4.69, 9.17) is 11.6 Å². The summed E-state index contributed by atoms with van der Waals surface area (Å²) in [5.41, 5.74) is 0.410. The number of nitrogens with one attached hydrogen (secondary N) is 1. The Morgan fingerprint density at radius 3 is 2.72 bits per heavy atom. The molecule has 0 spiro atoms. The minimum atomic E-state index is -2.55. The molecule has 0 aliphatic heterocycles. The van der Waals surface area contributed by atoms with Crippen molar-refractivity contribution in [3.8, 4) is 0 Å². The molecule has 2 aromatic rings. The summed E-state index contributed by atoms with van der Waals surface area (Å²) in [6, 6.07) is 2.79. The van der Waals surface area contributed by atoms with Gasteiger partial charge in [-0.1, -0.05) is 11.6 Å². The van der Waals surface area contributed by atoms with Crippen molar-refractivity contribution in [1.29, 1.82) is 0 Å². The van der Waals surface area contributed by atoms with E-state index < -0.39 is 12.4 Å². The monoisotopic (exact) mass is 370 g/mol. The van der Waals surface area contributed by atoms with Crippen LogP contribution in [0.5, 0.6) is 0 Å². The van der Waals surface area contributed by atoms with Crippen LogP contribution in [0.2, 0.25) is 5.15 Å². The van der Waals surface area contributed by atoms with E-state index in [9.17, 15) is 18.7 Å². The van der Waals surface area contributed by atoms with Gasteiger partial charge < -0.3 is 10.4 Å². The number of nitrogens with zero attached hydrogens (tertiary/aromatic N) is 3. The Balaban J connectivity index is 1.66. The summed E-state index contributed by atoms with van der Waals surface area (Å²) in [5, 5.41) is 16.7. The molecule has 2 aromatic heterocycles. The Morgan fingerprint density at radius 2 is 2.08 bits per heavy atom. The second-order valence-electron chi connectivity index (χ2n) is 6.01. The van der Waals surface area contributed by atoms with E-state index in [-0.39, 0.29) is 28.5 Å². The minimum Gasteiger partial charge on any atom is -0.478 e. The average molecular weight is 371 g/mol. The average Bonchev–Trinajstić information content (AvgIpc) is 3.05. The smallest absolute Gasteiger partial charge is 0.339 e. The van der Waals surface area contributed by atoms with Gasteiger partial charge in [-0.05, 0) is 37.8 Å². The number of aromatic nitrogens is 3. The van der Waals surface area contributed by atoms with Gasteiger partial charge in [-0.3, -0.25) is 4.68 Å². The predicted molar refractivity (Wildman–Crippen MR) is 88.3 cm³/mol. The highest BCUT2D eigenvalue weighted by molar-refractivity contribution is 6.29. The minimum absolute atomic E-state index is 0.0402. The molecule has 0 amide bonds. The summed E-state index contributed by atoms with van der Waals surface area (Å²) in [5.74, 6) is -1.08. The van der Waals surface area contributed by atoms with Crippen molar-refractivity contribution in [3.05, 3.63) is 40.9 Å². The van der Waals surface area contributed by atoms with Crippen LogP contribution in [0.15, 0.2) is 24.5 Å². The lowest BCUT2D eigenvalue weighted by molar-refractivity contribution is 0.0697. The van der Waals surface area contributed by atoms with Crippen LogP contribution >= 0.6 is 11.6 Å². The number of carbonyl (C=O) groups is 1. The molecule has 2 N–H and O–H groups in total. The van der Waals surface area contributed by atoms with E-state index in [1.807, 2.05) is 0 Å². The third-order valence-corrected chi connectivity index (χ3v) is 4.63. The Morgan fingerprint density at radius 1 is 1.36 bits per heavy atom. The van der Waals surface area contributed by atoms with Crippen molar-refractivity contribution in [2.24, 2.45) is 0 Å². The second-order valence-corrected chi connectivity index (χ2v) is 6.40. The molecule has 6 nitrogen and oxygen atoms in total. The first-order valence-electron chi connectivity index (χ1n) is 7.92. The number of carboxylic acid groups (broad SMARTS) is 1. The molecule has 1 aliphatic carbocycles. The topological polar surface area (TPSA) is 80.0 Å². The van der Waals surface area contributed by atoms with Crippen molar-refractivity contribution < 1.29 is 18.7 Å². The van der Waals surface area contributed by atoms with Crippen LogP contribution in [0.1, 0.15) is 54.2 Å². The van der Waals surface area contributed by atoms with Crippen LogP contribution in [0.25, 0.3) is 0 Å². The molecular formula is C16H17ClF2N4O2. The van der Waals surface area contributed by atoms with Crippen LogP contribution in [-0.4, -0.2) is 31.9 Å². The molecule has 0 saturated heterocycles. The van der Waals surface area contributed by atoms with E-state index in [1.165, 1.54) is 29.2 Å². The third kappa shape index (κ3) is 3.89. The fraction of sp³-hybridized carbons (Fsp3) is 0.438. The number of halogens is 3. The summed E-state index contributed by atoms with van der Waals surface area (Å²) < 4.78 is 27.4. The molecule has 0 radical (unpaired) electrons. The molecule has 3 rings (SSSR count). The van der Waals surface area contributed by atoms with E-state index in [1.54, 1.807) is 0 Å².